The van der Waals surface area contributed by atoms with Gasteiger partial charge in [-0.15, -0.1) is 5.10 Å². The quantitative estimate of drug-likeness (QED) is 0.435. The second-order valence-corrected chi connectivity index (χ2v) is 12.4. The smallest absolute Gasteiger partial charge is 0.257 e. The molecular weight excluding hydrogens is 533 g/mol. The van der Waals surface area contributed by atoms with Crippen molar-refractivity contribution in [3.05, 3.63) is 70.4 Å². The first-order valence-electron chi connectivity index (χ1n) is 15.2. The fourth-order valence-corrected chi connectivity index (χ4v) is 7.11. The number of aromatic nitrogens is 4. The number of amides is 2. The van der Waals surface area contributed by atoms with Crippen molar-refractivity contribution in [3.8, 4) is 5.82 Å². The second-order valence-electron chi connectivity index (χ2n) is 12.4. The summed E-state index contributed by atoms with van der Waals surface area (Å²) in [7, 11) is 0. The number of nitrogens with one attached hydrogen (secondary N) is 1. The monoisotopic (exact) mass is 573 g/mol. The molecule has 222 valence electrons. The number of halogens is 1. The Balaban J connectivity index is 1.07. The fraction of sp³-hybridized carbons (Fsp3) is 0.531. The molecule has 2 aromatic heterocycles. The topological polar surface area (TPSA) is 96.2 Å². The van der Waals surface area contributed by atoms with Gasteiger partial charge in [-0.05, 0) is 81.7 Å². The van der Waals surface area contributed by atoms with E-state index in [0.717, 1.165) is 81.8 Å². The molecule has 2 aliphatic heterocycles. The maximum absolute atomic E-state index is 14.1. The molecule has 3 aromatic rings. The Morgan fingerprint density at radius 2 is 1.74 bits per heavy atom. The SMILES string of the molecule is Cc1ccc(-n2nc(C)c(C(=O)N3CC4CN(CC[C@H](NC(=O)C5CCCC5)c5cccc(F)c5)CC4C3)c2C)nn1. The third-order valence-electron chi connectivity index (χ3n) is 9.38. The lowest BCUT2D eigenvalue weighted by Crippen LogP contribution is -2.37. The van der Waals surface area contributed by atoms with Crippen molar-refractivity contribution in [1.82, 2.24) is 35.1 Å². The van der Waals surface area contributed by atoms with Gasteiger partial charge in [0.15, 0.2) is 5.82 Å². The maximum atomic E-state index is 14.1. The zero-order valence-corrected chi connectivity index (χ0v) is 24.7. The molecule has 1 aromatic carbocycles. The van der Waals surface area contributed by atoms with Crippen LogP contribution in [0.3, 0.4) is 0 Å². The summed E-state index contributed by atoms with van der Waals surface area (Å²) in [6.45, 7) is 9.76. The number of likely N-dealkylation sites (tertiary alicyclic amines) is 2. The van der Waals surface area contributed by atoms with Crippen molar-refractivity contribution < 1.29 is 14.0 Å². The third kappa shape index (κ3) is 5.82. The largest absolute Gasteiger partial charge is 0.349 e. The Bertz CT molecular complexity index is 1440. The molecule has 0 bridgehead atoms. The molecule has 0 radical (unpaired) electrons. The number of hydrogen-bond donors (Lipinski definition) is 1. The molecule has 1 aliphatic carbocycles. The van der Waals surface area contributed by atoms with E-state index in [4.69, 9.17) is 0 Å². The van der Waals surface area contributed by atoms with Gasteiger partial charge in [0.25, 0.3) is 5.91 Å². The Kier molecular flexibility index (Phi) is 8.07. The van der Waals surface area contributed by atoms with Crippen LogP contribution in [0, 0.1) is 44.3 Å². The van der Waals surface area contributed by atoms with E-state index in [1.54, 1.807) is 16.8 Å². The Labute approximate surface area is 246 Å². The summed E-state index contributed by atoms with van der Waals surface area (Å²) in [5.74, 6) is 1.33. The molecule has 10 heteroatoms. The molecule has 0 spiro atoms. The zero-order valence-electron chi connectivity index (χ0n) is 24.7. The van der Waals surface area contributed by atoms with Crippen LogP contribution < -0.4 is 5.32 Å². The first-order valence-corrected chi connectivity index (χ1v) is 15.2. The van der Waals surface area contributed by atoms with E-state index < -0.39 is 0 Å². The van der Waals surface area contributed by atoms with Crippen LogP contribution in [-0.2, 0) is 4.79 Å². The van der Waals surface area contributed by atoms with Gasteiger partial charge in [0.1, 0.15) is 5.82 Å². The molecule has 9 nitrogen and oxygen atoms in total. The standard InChI is InChI=1S/C32H40FN7O2/c1-20-11-12-29(36-35-20)40-22(3)30(21(2)37-40)32(42)39-18-25-16-38(17-26(25)19-39)14-13-28(24-9-6-10-27(33)15-24)34-31(41)23-7-4-5-8-23/h6,9-12,15,23,25-26,28H,4-5,7-8,13-14,16-19H2,1-3H3,(H,34,41)/t25?,26?,28-/m0/s1. The number of carbonyl (C=O) groups excluding carboxylic acids is 2. The molecule has 3 atom stereocenters. The summed E-state index contributed by atoms with van der Waals surface area (Å²) in [6, 6.07) is 10.1. The first kappa shape index (κ1) is 28.5. The molecule has 42 heavy (non-hydrogen) atoms. The second kappa shape index (κ2) is 11.9. The molecule has 4 heterocycles. The van der Waals surface area contributed by atoms with Crippen molar-refractivity contribution in [3.63, 3.8) is 0 Å². The molecule has 2 amide bonds. The molecule has 2 unspecified atom stereocenters. The minimum absolute atomic E-state index is 0.0260. The lowest BCUT2D eigenvalue weighted by molar-refractivity contribution is -0.125. The van der Waals surface area contributed by atoms with Gasteiger partial charge >= 0.3 is 0 Å². The summed E-state index contributed by atoms with van der Waals surface area (Å²) in [4.78, 5) is 31.0. The summed E-state index contributed by atoms with van der Waals surface area (Å²) < 4.78 is 15.8. The van der Waals surface area contributed by atoms with Gasteiger partial charge in [-0.25, -0.2) is 9.07 Å². The Hall–Kier alpha value is -3.66. The predicted octanol–water partition coefficient (Wildman–Crippen LogP) is 4.17. The minimum Gasteiger partial charge on any atom is -0.349 e. The molecule has 1 N–H and O–H groups in total. The first-order chi connectivity index (χ1) is 20.3. The van der Waals surface area contributed by atoms with Gasteiger partial charge in [-0.1, -0.05) is 25.0 Å². The summed E-state index contributed by atoms with van der Waals surface area (Å²) in [5.41, 5.74) is 3.76. The number of fused-ring (bicyclic) bond motifs is 1. The lowest BCUT2D eigenvalue weighted by Gasteiger charge is -2.26. The van der Waals surface area contributed by atoms with Gasteiger partial charge in [-0.2, -0.15) is 10.2 Å². The third-order valence-corrected chi connectivity index (χ3v) is 9.38. The summed E-state index contributed by atoms with van der Waals surface area (Å²) >= 11 is 0. The average molecular weight is 574 g/mol. The highest BCUT2D eigenvalue weighted by Crippen LogP contribution is 2.34. The summed E-state index contributed by atoms with van der Waals surface area (Å²) in [5, 5.41) is 16.2. The number of aryl methyl sites for hydroxylation is 2. The number of benzene rings is 1. The fourth-order valence-electron chi connectivity index (χ4n) is 7.11. The minimum atomic E-state index is -0.282. The van der Waals surface area contributed by atoms with E-state index in [2.05, 4.69) is 25.5 Å². The van der Waals surface area contributed by atoms with E-state index in [0.29, 0.717) is 28.9 Å². The molecule has 1 saturated carbocycles. The van der Waals surface area contributed by atoms with E-state index in [9.17, 15) is 14.0 Å². The normalized spacial score (nSPS) is 21.6. The van der Waals surface area contributed by atoms with E-state index in [1.807, 2.05) is 43.9 Å². The van der Waals surface area contributed by atoms with E-state index in [-0.39, 0.29) is 29.6 Å². The number of hydrogen-bond acceptors (Lipinski definition) is 6. The van der Waals surface area contributed by atoms with Crippen LogP contribution >= 0.6 is 0 Å². The van der Waals surface area contributed by atoms with Crippen molar-refractivity contribution in [2.75, 3.05) is 32.7 Å². The highest BCUT2D eigenvalue weighted by Gasteiger charge is 2.42. The van der Waals surface area contributed by atoms with E-state index >= 15 is 0 Å². The van der Waals surface area contributed by atoms with Crippen molar-refractivity contribution in [1.29, 1.82) is 0 Å². The predicted molar refractivity (Wildman–Crippen MR) is 157 cm³/mol. The molecule has 6 rings (SSSR count). The van der Waals surface area contributed by atoms with Crippen LogP contribution in [0.15, 0.2) is 36.4 Å². The lowest BCUT2D eigenvalue weighted by atomic mass is 10.0. The maximum Gasteiger partial charge on any atom is 0.257 e. The zero-order chi connectivity index (χ0) is 29.4. The number of rotatable bonds is 8. The van der Waals surface area contributed by atoms with Gasteiger partial charge in [0.05, 0.1) is 28.7 Å². The molecule has 3 fully saturated rings. The Morgan fingerprint density at radius 1 is 1.00 bits per heavy atom. The van der Waals surface area contributed by atoms with E-state index in [1.165, 1.54) is 6.07 Å². The van der Waals surface area contributed by atoms with Crippen LogP contribution in [-0.4, -0.2) is 74.3 Å². The van der Waals surface area contributed by atoms with Gasteiger partial charge < -0.3 is 15.1 Å². The Morgan fingerprint density at radius 3 is 2.40 bits per heavy atom. The van der Waals surface area contributed by atoms with Crippen molar-refractivity contribution in [2.24, 2.45) is 17.8 Å². The van der Waals surface area contributed by atoms with Gasteiger partial charge in [0, 0.05) is 38.6 Å². The van der Waals surface area contributed by atoms with Crippen LogP contribution in [0.2, 0.25) is 0 Å². The summed E-state index contributed by atoms with van der Waals surface area (Å²) in [6.07, 6.45) is 4.80. The van der Waals surface area contributed by atoms with Crippen LogP contribution in [0.4, 0.5) is 4.39 Å². The average Bonchev–Trinajstić information content (AvgIpc) is 3.76. The van der Waals surface area contributed by atoms with Gasteiger partial charge in [-0.3, -0.25) is 9.59 Å². The van der Waals surface area contributed by atoms with Crippen LogP contribution in [0.1, 0.15) is 71.1 Å². The van der Waals surface area contributed by atoms with Crippen molar-refractivity contribution in [2.45, 2.75) is 58.9 Å². The molecule has 2 saturated heterocycles. The van der Waals surface area contributed by atoms with Crippen LogP contribution in [0.5, 0.6) is 0 Å². The van der Waals surface area contributed by atoms with Crippen LogP contribution in [0.25, 0.3) is 5.82 Å². The highest BCUT2D eigenvalue weighted by atomic mass is 19.1. The highest BCUT2D eigenvalue weighted by molar-refractivity contribution is 5.96. The molecular formula is C32H40FN7O2. The number of carbonyl (C=O) groups is 2. The van der Waals surface area contributed by atoms with Gasteiger partial charge in [0.2, 0.25) is 5.91 Å². The molecule has 3 aliphatic rings. The van der Waals surface area contributed by atoms with Crippen molar-refractivity contribution >= 4 is 11.8 Å². The number of nitrogens with zero attached hydrogens (tertiary/aromatic N) is 6.